The van der Waals surface area contributed by atoms with Crippen molar-refractivity contribution in [3.63, 3.8) is 0 Å². The highest BCUT2D eigenvalue weighted by atomic mass is 79.9. The summed E-state index contributed by atoms with van der Waals surface area (Å²) >= 11 is 3.57. The summed E-state index contributed by atoms with van der Waals surface area (Å²) in [5.41, 5.74) is 2.00. The maximum Gasteiger partial charge on any atom is 0.133 e. The standard InChI is InChI=1S/C15H33BrN.C7H8O3S/c1-4-5-6-7-8-9-10-11-12-13-14-17(2,3)15-16;1-6-2-4-7(5-3-6)11(8,9)10/h4-15H2,1-3H3;2-5H,1H3,(H,8,9,10)/q+1;/p-1. The summed E-state index contributed by atoms with van der Waals surface area (Å²) in [5, 5.41) is 0. The van der Waals surface area contributed by atoms with Gasteiger partial charge in [-0.25, -0.2) is 8.42 Å². The molecule has 28 heavy (non-hydrogen) atoms. The highest BCUT2D eigenvalue weighted by Gasteiger charge is 2.10. The van der Waals surface area contributed by atoms with Gasteiger partial charge in [0.15, 0.2) is 0 Å². The molecule has 4 nitrogen and oxygen atoms in total. The average Bonchev–Trinajstić information content (AvgIpc) is 2.63. The molecule has 164 valence electrons. The van der Waals surface area contributed by atoms with Crippen LogP contribution in [-0.2, 0) is 10.1 Å². The number of hydrogen-bond acceptors (Lipinski definition) is 3. The second-order valence-corrected chi connectivity index (χ2v) is 10.1. The third-order valence-electron chi connectivity index (χ3n) is 4.75. The van der Waals surface area contributed by atoms with Crippen molar-refractivity contribution in [1.29, 1.82) is 0 Å². The van der Waals surface area contributed by atoms with E-state index in [0.717, 1.165) is 15.5 Å². The number of unbranched alkanes of at least 4 members (excludes halogenated alkanes) is 9. The van der Waals surface area contributed by atoms with Crippen molar-refractivity contribution in [1.82, 2.24) is 0 Å². The molecule has 0 amide bonds. The van der Waals surface area contributed by atoms with Crippen LogP contribution in [0.1, 0.15) is 76.7 Å². The van der Waals surface area contributed by atoms with E-state index in [1.807, 2.05) is 6.92 Å². The zero-order chi connectivity index (χ0) is 21.5. The fraction of sp³-hybridized carbons (Fsp3) is 0.727. The van der Waals surface area contributed by atoms with Gasteiger partial charge in [-0.05, 0) is 47.8 Å². The Balaban J connectivity index is 0.000000567. The summed E-state index contributed by atoms with van der Waals surface area (Å²) < 4.78 is 32.3. The van der Waals surface area contributed by atoms with Crippen LogP contribution in [0, 0.1) is 6.92 Å². The molecule has 0 bridgehead atoms. The van der Waals surface area contributed by atoms with E-state index < -0.39 is 10.1 Å². The molecule has 0 aromatic heterocycles. The Bertz CT molecular complexity index is 601. The molecule has 1 rings (SSSR count). The fourth-order valence-corrected chi connectivity index (χ4v) is 3.51. The van der Waals surface area contributed by atoms with Crippen LogP contribution in [0.4, 0.5) is 0 Å². The predicted octanol–water partition coefficient (Wildman–Crippen LogP) is 6.24. The zero-order valence-corrected chi connectivity index (χ0v) is 20.7. The predicted molar refractivity (Wildman–Crippen MR) is 122 cm³/mol. The quantitative estimate of drug-likeness (QED) is 0.111. The second kappa shape index (κ2) is 15.4. The molecule has 0 aliphatic carbocycles. The molecule has 0 radical (unpaired) electrons. The van der Waals surface area contributed by atoms with E-state index in [4.69, 9.17) is 0 Å². The maximum atomic E-state index is 10.4. The smallest absolute Gasteiger partial charge is 0.133 e. The lowest BCUT2D eigenvalue weighted by Gasteiger charge is -2.26. The SMILES string of the molecule is CCCCCCCCCCCC[N+](C)(C)CBr.Cc1ccc(S(=O)(=O)[O-])cc1. The van der Waals surface area contributed by atoms with Crippen LogP contribution in [-0.4, -0.2) is 43.5 Å². The molecule has 6 heteroatoms. The first-order chi connectivity index (χ1) is 13.1. The summed E-state index contributed by atoms with van der Waals surface area (Å²) in [7, 11) is 0.319. The van der Waals surface area contributed by atoms with Gasteiger partial charge in [-0.15, -0.1) is 0 Å². The van der Waals surface area contributed by atoms with Crippen molar-refractivity contribution in [3.8, 4) is 0 Å². The third-order valence-corrected chi connectivity index (χ3v) is 6.96. The number of benzene rings is 1. The zero-order valence-electron chi connectivity index (χ0n) is 18.3. The average molecular weight is 479 g/mol. The van der Waals surface area contributed by atoms with E-state index in [0.29, 0.717) is 0 Å². The minimum atomic E-state index is -4.27. The monoisotopic (exact) mass is 477 g/mol. The molecule has 0 N–H and O–H groups in total. The highest BCUT2D eigenvalue weighted by molar-refractivity contribution is 9.09. The number of nitrogens with zero attached hydrogens (tertiary/aromatic N) is 1. The summed E-state index contributed by atoms with van der Waals surface area (Å²) in [4.78, 5) is -0.178. The van der Waals surface area contributed by atoms with Gasteiger partial charge < -0.3 is 9.04 Å². The number of rotatable bonds is 13. The first-order valence-corrected chi connectivity index (χ1v) is 13.1. The van der Waals surface area contributed by atoms with Crippen molar-refractivity contribution < 1.29 is 17.5 Å². The van der Waals surface area contributed by atoms with E-state index in [9.17, 15) is 13.0 Å². The van der Waals surface area contributed by atoms with Crippen LogP contribution in [0.15, 0.2) is 29.2 Å². The van der Waals surface area contributed by atoms with Crippen molar-refractivity contribution in [3.05, 3.63) is 29.8 Å². The third kappa shape index (κ3) is 15.5. The Morgan fingerprint density at radius 3 is 1.68 bits per heavy atom. The molecular formula is C22H40BrNO3S. The molecule has 1 aromatic carbocycles. The Morgan fingerprint density at radius 1 is 0.857 bits per heavy atom. The lowest BCUT2D eigenvalue weighted by Crippen LogP contribution is -2.38. The Kier molecular flexibility index (Phi) is 15.2. The minimum absolute atomic E-state index is 0.178. The van der Waals surface area contributed by atoms with Gasteiger partial charge in [0.05, 0.1) is 25.5 Å². The van der Waals surface area contributed by atoms with Gasteiger partial charge in [-0.2, -0.15) is 0 Å². The Morgan fingerprint density at radius 2 is 1.29 bits per heavy atom. The Hall–Kier alpha value is -0.430. The van der Waals surface area contributed by atoms with Crippen LogP contribution in [0.3, 0.4) is 0 Å². The number of halogens is 1. The second-order valence-electron chi connectivity index (χ2n) is 8.23. The van der Waals surface area contributed by atoms with Gasteiger partial charge in [-0.1, -0.05) is 76.0 Å². The van der Waals surface area contributed by atoms with E-state index >= 15 is 0 Å². The fourth-order valence-electron chi connectivity index (χ4n) is 2.79. The first-order valence-electron chi connectivity index (χ1n) is 10.5. The molecule has 0 spiro atoms. The van der Waals surface area contributed by atoms with Gasteiger partial charge in [0, 0.05) is 0 Å². The van der Waals surface area contributed by atoms with Crippen molar-refractivity contribution >= 4 is 26.0 Å². The van der Waals surface area contributed by atoms with Crippen molar-refractivity contribution in [2.75, 3.05) is 26.1 Å². The van der Waals surface area contributed by atoms with Gasteiger partial charge in [0.25, 0.3) is 0 Å². The molecule has 1 aromatic rings. The molecule has 0 heterocycles. The first kappa shape index (κ1) is 27.6. The van der Waals surface area contributed by atoms with Crippen molar-refractivity contribution in [2.45, 2.75) is 83.0 Å². The largest absolute Gasteiger partial charge is 0.744 e. The molecule has 0 saturated heterocycles. The van der Waals surface area contributed by atoms with Crippen LogP contribution >= 0.6 is 15.9 Å². The summed E-state index contributed by atoms with van der Waals surface area (Å²) in [5.74, 6) is 0. The molecule has 0 saturated carbocycles. The maximum absolute atomic E-state index is 10.4. The van der Waals surface area contributed by atoms with Gasteiger partial charge in [0.2, 0.25) is 0 Å². The highest BCUT2D eigenvalue weighted by Crippen LogP contribution is 2.12. The van der Waals surface area contributed by atoms with E-state index in [1.54, 1.807) is 12.1 Å². The normalized spacial score (nSPS) is 11.8. The minimum Gasteiger partial charge on any atom is -0.744 e. The number of alkyl halides is 1. The number of quaternary nitrogens is 1. The molecule has 0 unspecified atom stereocenters. The van der Waals surface area contributed by atoms with Gasteiger partial charge >= 0.3 is 0 Å². The van der Waals surface area contributed by atoms with Gasteiger partial charge in [-0.3, -0.25) is 0 Å². The van der Waals surface area contributed by atoms with Crippen LogP contribution in [0.5, 0.6) is 0 Å². The van der Waals surface area contributed by atoms with E-state index in [-0.39, 0.29) is 4.90 Å². The Labute approximate surface area is 182 Å². The van der Waals surface area contributed by atoms with E-state index in [2.05, 4.69) is 36.9 Å². The molecule has 0 fully saturated rings. The topological polar surface area (TPSA) is 57.2 Å². The van der Waals surface area contributed by atoms with Crippen LogP contribution in [0.2, 0.25) is 0 Å². The van der Waals surface area contributed by atoms with Crippen molar-refractivity contribution in [2.24, 2.45) is 0 Å². The van der Waals surface area contributed by atoms with Crippen LogP contribution < -0.4 is 0 Å². The molecule has 0 aliphatic rings. The van der Waals surface area contributed by atoms with Gasteiger partial charge in [0.1, 0.15) is 15.6 Å². The lowest BCUT2D eigenvalue weighted by atomic mass is 10.1. The molecular weight excluding hydrogens is 438 g/mol. The summed E-state index contributed by atoms with van der Waals surface area (Å²) in [6.45, 7) is 5.41. The van der Waals surface area contributed by atoms with E-state index in [1.165, 1.54) is 82.9 Å². The number of aryl methyl sites for hydroxylation is 1. The lowest BCUT2D eigenvalue weighted by molar-refractivity contribution is -0.876. The summed E-state index contributed by atoms with van der Waals surface area (Å²) in [6, 6.07) is 5.78. The number of hydrogen-bond donors (Lipinski definition) is 0. The molecule has 0 aliphatic heterocycles. The van der Waals surface area contributed by atoms with Crippen LogP contribution in [0.25, 0.3) is 0 Å². The summed E-state index contributed by atoms with van der Waals surface area (Å²) in [6.07, 6.45) is 14.3. The molecule has 0 atom stereocenters.